The number of hydrogen-bond donors (Lipinski definition) is 1. The Morgan fingerprint density at radius 2 is 1.83 bits per heavy atom. The van der Waals surface area contributed by atoms with E-state index in [1.807, 2.05) is 0 Å². The molecule has 2 unspecified atom stereocenters. The number of ether oxygens (including phenoxy) is 2. The second-order valence-corrected chi connectivity index (χ2v) is 4.89. The van der Waals surface area contributed by atoms with Gasteiger partial charge in [-0.05, 0) is 18.8 Å². The first-order valence-corrected chi connectivity index (χ1v) is 6.45. The minimum Gasteiger partial charge on any atom is -0.481 e. The highest BCUT2D eigenvalue weighted by atomic mass is 16.5. The summed E-state index contributed by atoms with van der Waals surface area (Å²) in [7, 11) is 3.18. The molecule has 1 aromatic heterocycles. The molecule has 1 N–H and O–H groups in total. The van der Waals surface area contributed by atoms with Crippen molar-refractivity contribution in [2.24, 2.45) is 5.92 Å². The third kappa shape index (κ3) is 3.24. The van der Waals surface area contributed by atoms with Crippen molar-refractivity contribution in [3.63, 3.8) is 0 Å². The van der Waals surface area contributed by atoms with Crippen LogP contribution >= 0.6 is 0 Å². The summed E-state index contributed by atoms with van der Waals surface area (Å²) in [6.45, 7) is 2.29. The van der Waals surface area contributed by atoms with Gasteiger partial charge < -0.3 is 14.8 Å². The maximum atomic E-state index is 5.14. The Morgan fingerprint density at radius 1 is 1.17 bits per heavy atom. The lowest BCUT2D eigenvalue weighted by atomic mass is 9.87. The number of rotatable bonds is 4. The zero-order valence-corrected chi connectivity index (χ0v) is 11.3. The summed E-state index contributed by atoms with van der Waals surface area (Å²) in [4.78, 5) is 8.59. The molecular weight excluding hydrogens is 230 g/mol. The van der Waals surface area contributed by atoms with E-state index in [2.05, 4.69) is 22.2 Å². The lowest BCUT2D eigenvalue weighted by molar-refractivity contribution is 0.353. The predicted octanol–water partition coefficient (Wildman–Crippen LogP) is 2.48. The Morgan fingerprint density at radius 3 is 2.39 bits per heavy atom. The van der Waals surface area contributed by atoms with Crippen LogP contribution in [0.25, 0.3) is 0 Å². The largest absolute Gasteiger partial charge is 0.481 e. The van der Waals surface area contributed by atoms with E-state index in [0.29, 0.717) is 23.8 Å². The third-order valence-corrected chi connectivity index (χ3v) is 3.37. The molecule has 100 valence electrons. The number of aromatic nitrogens is 2. The zero-order valence-electron chi connectivity index (χ0n) is 11.3. The van der Waals surface area contributed by atoms with E-state index in [9.17, 15) is 0 Å². The Labute approximate surface area is 108 Å². The average molecular weight is 251 g/mol. The number of hydrogen-bond acceptors (Lipinski definition) is 5. The van der Waals surface area contributed by atoms with Crippen LogP contribution in [0.1, 0.15) is 32.6 Å². The van der Waals surface area contributed by atoms with E-state index < -0.39 is 0 Å². The van der Waals surface area contributed by atoms with Gasteiger partial charge in [-0.1, -0.05) is 19.8 Å². The van der Waals surface area contributed by atoms with Gasteiger partial charge in [-0.25, -0.2) is 0 Å². The van der Waals surface area contributed by atoms with Gasteiger partial charge in [0.1, 0.15) is 0 Å². The normalized spacial score (nSPS) is 23.5. The second kappa shape index (κ2) is 5.89. The first-order valence-electron chi connectivity index (χ1n) is 6.45. The van der Waals surface area contributed by atoms with Crippen LogP contribution in [0.5, 0.6) is 11.8 Å². The van der Waals surface area contributed by atoms with Crippen molar-refractivity contribution < 1.29 is 9.47 Å². The van der Waals surface area contributed by atoms with E-state index in [-0.39, 0.29) is 0 Å². The zero-order chi connectivity index (χ0) is 13.0. The van der Waals surface area contributed by atoms with Crippen molar-refractivity contribution in [2.75, 3.05) is 19.5 Å². The summed E-state index contributed by atoms with van der Waals surface area (Å²) in [5, 5.41) is 3.38. The van der Waals surface area contributed by atoms with Crippen LogP contribution in [0.2, 0.25) is 0 Å². The first kappa shape index (κ1) is 12.9. The summed E-state index contributed by atoms with van der Waals surface area (Å²) in [5.41, 5.74) is 0. The quantitative estimate of drug-likeness (QED) is 0.891. The standard InChI is InChI=1S/C13H21N3O2/c1-9-5-4-6-10(7-9)14-13-15-11(17-2)8-12(16-13)18-3/h8-10H,4-7H2,1-3H3,(H,14,15,16). The Kier molecular flexibility index (Phi) is 4.23. The van der Waals surface area contributed by atoms with Crippen molar-refractivity contribution in [3.8, 4) is 11.8 Å². The SMILES string of the molecule is COc1cc(OC)nc(NC2CCCC(C)C2)n1. The van der Waals surface area contributed by atoms with Gasteiger partial charge in [0.2, 0.25) is 17.7 Å². The number of nitrogens with one attached hydrogen (secondary N) is 1. The molecule has 1 aromatic rings. The predicted molar refractivity (Wildman–Crippen MR) is 70.2 cm³/mol. The third-order valence-electron chi connectivity index (χ3n) is 3.37. The molecule has 0 bridgehead atoms. The van der Waals surface area contributed by atoms with Gasteiger partial charge in [0.05, 0.1) is 20.3 Å². The molecule has 1 aliphatic rings. The van der Waals surface area contributed by atoms with Crippen molar-refractivity contribution in [1.29, 1.82) is 0 Å². The monoisotopic (exact) mass is 251 g/mol. The summed E-state index contributed by atoms with van der Waals surface area (Å²) in [6, 6.07) is 2.12. The molecule has 0 aliphatic heterocycles. The van der Waals surface area contributed by atoms with Crippen LogP contribution in [0, 0.1) is 5.92 Å². The minimum atomic E-state index is 0.450. The maximum Gasteiger partial charge on any atom is 0.229 e. The molecule has 0 amide bonds. The van der Waals surface area contributed by atoms with Crippen LogP contribution < -0.4 is 14.8 Å². The second-order valence-electron chi connectivity index (χ2n) is 4.89. The molecule has 0 radical (unpaired) electrons. The summed E-state index contributed by atoms with van der Waals surface area (Å²) >= 11 is 0. The smallest absolute Gasteiger partial charge is 0.229 e. The van der Waals surface area contributed by atoms with Crippen molar-refractivity contribution in [3.05, 3.63) is 6.07 Å². The first-order chi connectivity index (χ1) is 8.71. The number of nitrogens with zero attached hydrogens (tertiary/aromatic N) is 2. The van der Waals surface area contributed by atoms with Crippen molar-refractivity contribution in [1.82, 2.24) is 9.97 Å². The molecule has 5 heteroatoms. The Bertz CT molecular complexity index is 376. The molecule has 1 saturated carbocycles. The van der Waals surface area contributed by atoms with Gasteiger partial charge in [0, 0.05) is 6.04 Å². The lowest BCUT2D eigenvalue weighted by Gasteiger charge is -2.27. The van der Waals surface area contributed by atoms with Crippen molar-refractivity contribution >= 4 is 5.95 Å². The van der Waals surface area contributed by atoms with Gasteiger partial charge in [-0.2, -0.15) is 9.97 Å². The molecule has 0 saturated heterocycles. The molecule has 0 spiro atoms. The van der Waals surface area contributed by atoms with Crippen molar-refractivity contribution in [2.45, 2.75) is 38.6 Å². The van der Waals surface area contributed by atoms with E-state index in [1.165, 1.54) is 25.7 Å². The summed E-state index contributed by atoms with van der Waals surface area (Å²) in [5.74, 6) is 2.40. The lowest BCUT2D eigenvalue weighted by Crippen LogP contribution is -2.27. The fourth-order valence-corrected chi connectivity index (χ4v) is 2.43. The highest BCUT2D eigenvalue weighted by Gasteiger charge is 2.19. The maximum absolute atomic E-state index is 5.14. The van der Waals surface area contributed by atoms with E-state index in [1.54, 1.807) is 20.3 Å². The Balaban J connectivity index is 2.07. The molecule has 0 aromatic carbocycles. The van der Waals surface area contributed by atoms with Gasteiger partial charge in [0.25, 0.3) is 0 Å². The molecule has 1 aliphatic carbocycles. The number of anilines is 1. The van der Waals surface area contributed by atoms with E-state index in [0.717, 1.165) is 5.92 Å². The molecule has 5 nitrogen and oxygen atoms in total. The summed E-state index contributed by atoms with van der Waals surface area (Å²) < 4.78 is 10.3. The fourth-order valence-electron chi connectivity index (χ4n) is 2.43. The molecule has 2 rings (SSSR count). The highest BCUT2D eigenvalue weighted by Crippen LogP contribution is 2.26. The molecule has 1 heterocycles. The van der Waals surface area contributed by atoms with E-state index in [4.69, 9.17) is 9.47 Å². The molecular formula is C13H21N3O2. The van der Waals surface area contributed by atoms with Gasteiger partial charge in [-0.15, -0.1) is 0 Å². The van der Waals surface area contributed by atoms with Crippen LogP contribution in [-0.2, 0) is 0 Å². The van der Waals surface area contributed by atoms with E-state index >= 15 is 0 Å². The highest BCUT2D eigenvalue weighted by molar-refractivity contribution is 5.34. The molecule has 1 fully saturated rings. The van der Waals surface area contributed by atoms with Crippen LogP contribution in [0.15, 0.2) is 6.07 Å². The molecule has 2 atom stereocenters. The van der Waals surface area contributed by atoms with Crippen LogP contribution in [0.3, 0.4) is 0 Å². The van der Waals surface area contributed by atoms with Gasteiger partial charge in [0.15, 0.2) is 0 Å². The van der Waals surface area contributed by atoms with Crippen LogP contribution in [-0.4, -0.2) is 30.2 Å². The van der Waals surface area contributed by atoms with Gasteiger partial charge in [-0.3, -0.25) is 0 Å². The van der Waals surface area contributed by atoms with Crippen LogP contribution in [0.4, 0.5) is 5.95 Å². The molecule has 18 heavy (non-hydrogen) atoms. The summed E-state index contributed by atoms with van der Waals surface area (Å²) in [6.07, 6.45) is 4.93. The fraction of sp³-hybridized carbons (Fsp3) is 0.692. The van der Waals surface area contributed by atoms with Gasteiger partial charge >= 0.3 is 0 Å². The number of methoxy groups -OCH3 is 2. The topological polar surface area (TPSA) is 56.3 Å². The minimum absolute atomic E-state index is 0.450. The Hall–Kier alpha value is -1.52. The average Bonchev–Trinajstić information content (AvgIpc) is 2.38.